The van der Waals surface area contributed by atoms with Gasteiger partial charge in [0.25, 0.3) is 0 Å². The number of anilines is 1. The van der Waals surface area contributed by atoms with Crippen molar-refractivity contribution in [1.82, 2.24) is 0 Å². The summed E-state index contributed by atoms with van der Waals surface area (Å²) in [6.07, 6.45) is 1.61. The normalized spacial score (nSPS) is 9.58. The van der Waals surface area contributed by atoms with E-state index in [4.69, 9.17) is 0 Å². The van der Waals surface area contributed by atoms with Gasteiger partial charge in [-0.15, -0.1) is 0 Å². The molecule has 0 fully saturated rings. The van der Waals surface area contributed by atoms with Crippen LogP contribution in [0.4, 0.5) is 10.1 Å². The summed E-state index contributed by atoms with van der Waals surface area (Å²) in [4.78, 5) is 0. The fourth-order valence-corrected chi connectivity index (χ4v) is 1.29. The van der Waals surface area contributed by atoms with Crippen molar-refractivity contribution in [2.24, 2.45) is 0 Å². The summed E-state index contributed by atoms with van der Waals surface area (Å²) in [5, 5.41) is 2.95. The first-order valence-corrected chi connectivity index (χ1v) is 4.27. The molecule has 12 heavy (non-hydrogen) atoms. The quantitative estimate of drug-likeness (QED) is 0.822. The molecule has 0 bridgehead atoms. The second-order valence-corrected chi connectivity index (χ2v) is 3.16. The van der Waals surface area contributed by atoms with Crippen LogP contribution in [0.3, 0.4) is 0 Å². The summed E-state index contributed by atoms with van der Waals surface area (Å²) < 4.78 is 13.4. The number of nitrogens with one attached hydrogen (secondary N) is 1. The van der Waals surface area contributed by atoms with Crippen molar-refractivity contribution in [3.8, 4) is 0 Å². The fraction of sp³-hybridized carbons (Fsp3) is 0.111. The van der Waals surface area contributed by atoms with Gasteiger partial charge in [0.05, 0.1) is 4.47 Å². The monoisotopic (exact) mass is 229 g/mol. The third kappa shape index (κ3) is 1.67. The molecule has 1 nitrogen and oxygen atoms in total. The molecule has 1 aromatic rings. The van der Waals surface area contributed by atoms with Gasteiger partial charge in [-0.1, -0.05) is 12.7 Å². The van der Waals surface area contributed by atoms with E-state index in [1.54, 1.807) is 19.2 Å². The fourth-order valence-electron chi connectivity index (χ4n) is 0.948. The summed E-state index contributed by atoms with van der Waals surface area (Å²) in [7, 11) is 1.78. The van der Waals surface area contributed by atoms with Gasteiger partial charge in [-0.2, -0.15) is 0 Å². The molecule has 1 aromatic carbocycles. The maximum atomic E-state index is 13.0. The van der Waals surface area contributed by atoms with Gasteiger partial charge in [-0.3, -0.25) is 0 Å². The van der Waals surface area contributed by atoms with Gasteiger partial charge in [-0.25, -0.2) is 4.39 Å². The summed E-state index contributed by atoms with van der Waals surface area (Å²) in [5.74, 6) is -0.274. The van der Waals surface area contributed by atoms with Crippen LogP contribution in [0.25, 0.3) is 6.08 Å². The Bertz CT molecular complexity index is 310. The van der Waals surface area contributed by atoms with Crippen LogP contribution in [-0.2, 0) is 0 Å². The Kier molecular flexibility index (Phi) is 2.87. The first-order chi connectivity index (χ1) is 5.69. The maximum absolute atomic E-state index is 13.0. The molecule has 0 heterocycles. The Morgan fingerprint density at radius 1 is 1.58 bits per heavy atom. The molecule has 0 aromatic heterocycles. The van der Waals surface area contributed by atoms with Crippen LogP contribution in [0.15, 0.2) is 23.2 Å². The van der Waals surface area contributed by atoms with E-state index in [1.807, 2.05) is 0 Å². The lowest BCUT2D eigenvalue weighted by Crippen LogP contribution is -1.92. The van der Waals surface area contributed by atoms with E-state index >= 15 is 0 Å². The molecule has 0 unspecified atom stereocenters. The third-order valence-electron chi connectivity index (χ3n) is 1.58. The minimum Gasteiger partial charge on any atom is -0.388 e. The Hall–Kier alpha value is -0.830. The van der Waals surface area contributed by atoms with Crippen LogP contribution >= 0.6 is 15.9 Å². The molecule has 0 aliphatic carbocycles. The zero-order valence-electron chi connectivity index (χ0n) is 6.70. The van der Waals surface area contributed by atoms with E-state index in [2.05, 4.69) is 27.8 Å². The van der Waals surface area contributed by atoms with Crippen LogP contribution in [-0.4, -0.2) is 7.05 Å². The minimum atomic E-state index is -0.274. The predicted molar refractivity (Wildman–Crippen MR) is 53.7 cm³/mol. The molecule has 0 amide bonds. The molecule has 64 valence electrons. The molecular weight excluding hydrogens is 221 g/mol. The molecule has 0 atom stereocenters. The number of hydrogen-bond acceptors (Lipinski definition) is 1. The second kappa shape index (κ2) is 3.72. The lowest BCUT2D eigenvalue weighted by atomic mass is 10.2. The van der Waals surface area contributed by atoms with Crippen molar-refractivity contribution in [2.75, 3.05) is 12.4 Å². The number of rotatable bonds is 2. The first kappa shape index (κ1) is 9.26. The van der Waals surface area contributed by atoms with E-state index in [1.165, 1.54) is 6.07 Å². The van der Waals surface area contributed by atoms with E-state index < -0.39 is 0 Å². The van der Waals surface area contributed by atoms with Gasteiger partial charge < -0.3 is 5.32 Å². The standard InChI is InChI=1S/C9H9BrFN/c1-3-6-4-8(11)7(10)5-9(6)12-2/h3-5,12H,1H2,2H3. The highest BCUT2D eigenvalue weighted by atomic mass is 79.9. The Morgan fingerprint density at radius 3 is 2.75 bits per heavy atom. The molecule has 0 radical (unpaired) electrons. The summed E-state index contributed by atoms with van der Waals surface area (Å²) >= 11 is 3.10. The smallest absolute Gasteiger partial charge is 0.138 e. The molecule has 0 saturated heterocycles. The second-order valence-electron chi connectivity index (χ2n) is 2.31. The average Bonchev–Trinajstić information content (AvgIpc) is 2.09. The number of benzene rings is 1. The predicted octanol–water partition coefficient (Wildman–Crippen LogP) is 3.27. The van der Waals surface area contributed by atoms with Crippen molar-refractivity contribution in [1.29, 1.82) is 0 Å². The van der Waals surface area contributed by atoms with Crippen LogP contribution in [0.2, 0.25) is 0 Å². The Labute approximate surface area is 79.4 Å². The largest absolute Gasteiger partial charge is 0.388 e. The van der Waals surface area contributed by atoms with E-state index in [9.17, 15) is 4.39 Å². The highest BCUT2D eigenvalue weighted by molar-refractivity contribution is 9.10. The zero-order valence-corrected chi connectivity index (χ0v) is 8.28. The molecule has 1 N–H and O–H groups in total. The van der Waals surface area contributed by atoms with Crippen molar-refractivity contribution in [2.45, 2.75) is 0 Å². The Balaban J connectivity index is 3.28. The maximum Gasteiger partial charge on any atom is 0.138 e. The molecule has 0 saturated carbocycles. The van der Waals surface area contributed by atoms with Crippen molar-refractivity contribution < 1.29 is 4.39 Å². The van der Waals surface area contributed by atoms with Crippen molar-refractivity contribution in [3.63, 3.8) is 0 Å². The molecule has 0 aliphatic heterocycles. The van der Waals surface area contributed by atoms with Crippen LogP contribution < -0.4 is 5.32 Å². The topological polar surface area (TPSA) is 12.0 Å². The van der Waals surface area contributed by atoms with Crippen LogP contribution in [0, 0.1) is 5.82 Å². The van der Waals surface area contributed by atoms with E-state index in [0.717, 1.165) is 11.3 Å². The summed E-state index contributed by atoms with van der Waals surface area (Å²) in [5.41, 5.74) is 1.62. The van der Waals surface area contributed by atoms with E-state index in [0.29, 0.717) is 4.47 Å². The lowest BCUT2D eigenvalue weighted by Gasteiger charge is -2.06. The number of halogens is 2. The molecular formula is C9H9BrFN. The number of hydrogen-bond donors (Lipinski definition) is 1. The van der Waals surface area contributed by atoms with Crippen molar-refractivity contribution in [3.05, 3.63) is 34.6 Å². The highest BCUT2D eigenvalue weighted by Crippen LogP contribution is 2.24. The lowest BCUT2D eigenvalue weighted by molar-refractivity contribution is 0.621. The Morgan fingerprint density at radius 2 is 2.25 bits per heavy atom. The van der Waals surface area contributed by atoms with Gasteiger partial charge in [0, 0.05) is 12.7 Å². The van der Waals surface area contributed by atoms with Gasteiger partial charge in [0.1, 0.15) is 5.82 Å². The SMILES string of the molecule is C=Cc1cc(F)c(Br)cc1NC. The van der Waals surface area contributed by atoms with Gasteiger partial charge in [0.2, 0.25) is 0 Å². The highest BCUT2D eigenvalue weighted by Gasteiger charge is 2.03. The molecule has 1 rings (SSSR count). The molecule has 0 spiro atoms. The zero-order chi connectivity index (χ0) is 9.14. The summed E-state index contributed by atoms with van der Waals surface area (Å²) in [6, 6.07) is 3.12. The summed E-state index contributed by atoms with van der Waals surface area (Å²) in [6.45, 7) is 3.59. The van der Waals surface area contributed by atoms with Gasteiger partial charge >= 0.3 is 0 Å². The van der Waals surface area contributed by atoms with Crippen LogP contribution in [0.1, 0.15) is 5.56 Å². The van der Waals surface area contributed by atoms with Gasteiger partial charge in [-0.05, 0) is 33.6 Å². The first-order valence-electron chi connectivity index (χ1n) is 3.48. The van der Waals surface area contributed by atoms with Crippen molar-refractivity contribution >= 4 is 27.7 Å². The van der Waals surface area contributed by atoms with Crippen LogP contribution in [0.5, 0.6) is 0 Å². The third-order valence-corrected chi connectivity index (χ3v) is 2.19. The average molecular weight is 230 g/mol. The van der Waals surface area contributed by atoms with E-state index in [-0.39, 0.29) is 5.82 Å². The van der Waals surface area contributed by atoms with Gasteiger partial charge in [0.15, 0.2) is 0 Å². The molecule has 3 heteroatoms. The minimum absolute atomic E-state index is 0.274. The molecule has 0 aliphatic rings.